The van der Waals surface area contributed by atoms with Crippen LogP contribution in [0.25, 0.3) is 0 Å². The van der Waals surface area contributed by atoms with Gasteiger partial charge in [-0.1, -0.05) is 6.92 Å². The van der Waals surface area contributed by atoms with Crippen LogP contribution >= 0.6 is 11.3 Å². The molecule has 20 heavy (non-hydrogen) atoms. The number of carbonyl (C=O) groups is 1. The summed E-state index contributed by atoms with van der Waals surface area (Å²) in [6, 6.07) is 5.77. The van der Waals surface area contributed by atoms with Crippen molar-refractivity contribution in [3.8, 4) is 5.75 Å². The Morgan fingerprint density at radius 1 is 1.40 bits per heavy atom. The zero-order valence-corrected chi connectivity index (χ0v) is 11.7. The van der Waals surface area contributed by atoms with Crippen molar-refractivity contribution in [1.82, 2.24) is 4.98 Å². The Bertz CT molecular complexity index is 595. The Morgan fingerprint density at radius 3 is 2.65 bits per heavy atom. The molecule has 0 saturated heterocycles. The normalized spacial score (nSPS) is 10.5. The lowest BCUT2D eigenvalue weighted by Gasteiger charge is -2.04. The van der Waals surface area contributed by atoms with E-state index in [4.69, 9.17) is 9.84 Å². The third-order valence-corrected chi connectivity index (χ3v) is 3.81. The van der Waals surface area contributed by atoms with Crippen LogP contribution in [0, 0.1) is 5.82 Å². The lowest BCUT2D eigenvalue weighted by atomic mass is 10.3. The number of aryl methyl sites for hydroxylation is 1. The van der Waals surface area contributed by atoms with Gasteiger partial charge in [0.15, 0.2) is 0 Å². The number of nitrogens with zero attached hydrogens (tertiary/aromatic N) is 1. The number of hydrogen-bond donors (Lipinski definition) is 1. The summed E-state index contributed by atoms with van der Waals surface area (Å²) in [4.78, 5) is 15.6. The van der Waals surface area contributed by atoms with Crippen LogP contribution < -0.4 is 4.74 Å². The van der Waals surface area contributed by atoms with Gasteiger partial charge >= 0.3 is 5.97 Å². The predicted octanol–water partition coefficient (Wildman–Crippen LogP) is 3.16. The number of thiazole rings is 1. The van der Waals surface area contributed by atoms with Crippen LogP contribution in [0.1, 0.15) is 27.3 Å². The summed E-state index contributed by atoms with van der Waals surface area (Å²) in [5.74, 6) is -0.668. The standard InChI is InChI=1S/C14H14FNO3S/c1-2-11-13(14(17)18)20-12(16-11)7-8-19-10-5-3-9(15)4-6-10/h3-6H,2,7-8H2,1H3,(H,17,18). The molecule has 1 aromatic carbocycles. The SMILES string of the molecule is CCc1nc(CCOc2ccc(F)cc2)sc1C(=O)O. The first-order valence-electron chi connectivity index (χ1n) is 6.20. The molecule has 0 bridgehead atoms. The molecule has 0 fully saturated rings. The second-order valence-corrected chi connectivity index (χ2v) is 5.18. The minimum absolute atomic E-state index is 0.296. The molecule has 4 nitrogen and oxygen atoms in total. The molecule has 0 saturated carbocycles. The van der Waals surface area contributed by atoms with Crippen LogP contribution in [0.4, 0.5) is 4.39 Å². The number of ether oxygens (including phenoxy) is 1. The topological polar surface area (TPSA) is 59.4 Å². The lowest BCUT2D eigenvalue weighted by Crippen LogP contribution is -2.01. The number of hydrogen-bond acceptors (Lipinski definition) is 4. The van der Waals surface area contributed by atoms with E-state index in [0.29, 0.717) is 35.8 Å². The largest absolute Gasteiger partial charge is 0.493 e. The first-order chi connectivity index (χ1) is 9.60. The van der Waals surface area contributed by atoms with Crippen LogP contribution in [-0.4, -0.2) is 22.7 Å². The predicted molar refractivity (Wildman–Crippen MR) is 74.1 cm³/mol. The fourth-order valence-electron chi connectivity index (χ4n) is 1.70. The summed E-state index contributed by atoms with van der Waals surface area (Å²) in [5, 5.41) is 9.78. The van der Waals surface area contributed by atoms with Crippen molar-refractivity contribution in [2.75, 3.05) is 6.61 Å². The molecule has 0 atom stereocenters. The van der Waals surface area contributed by atoms with Gasteiger partial charge in [0, 0.05) is 6.42 Å². The van der Waals surface area contributed by atoms with Crippen molar-refractivity contribution < 1.29 is 19.0 Å². The Labute approximate surface area is 119 Å². The van der Waals surface area contributed by atoms with Gasteiger partial charge in [0.05, 0.1) is 17.3 Å². The van der Waals surface area contributed by atoms with Crippen molar-refractivity contribution in [2.45, 2.75) is 19.8 Å². The average Bonchev–Trinajstić information content (AvgIpc) is 2.84. The smallest absolute Gasteiger partial charge is 0.347 e. The first kappa shape index (κ1) is 14.5. The number of carboxylic acid groups (broad SMARTS) is 1. The van der Waals surface area contributed by atoms with E-state index in [0.717, 1.165) is 5.01 Å². The van der Waals surface area contributed by atoms with Crippen molar-refractivity contribution >= 4 is 17.3 Å². The van der Waals surface area contributed by atoms with E-state index >= 15 is 0 Å². The highest BCUT2D eigenvalue weighted by atomic mass is 32.1. The Kier molecular flexibility index (Phi) is 4.68. The van der Waals surface area contributed by atoms with Gasteiger partial charge in [-0.25, -0.2) is 14.2 Å². The zero-order valence-electron chi connectivity index (χ0n) is 10.9. The number of benzene rings is 1. The molecule has 0 aliphatic carbocycles. The summed E-state index contributed by atoms with van der Waals surface area (Å²) in [5.41, 5.74) is 0.610. The highest BCUT2D eigenvalue weighted by molar-refractivity contribution is 7.13. The van der Waals surface area contributed by atoms with Gasteiger partial charge in [0.25, 0.3) is 0 Å². The highest BCUT2D eigenvalue weighted by Crippen LogP contribution is 2.20. The van der Waals surface area contributed by atoms with Gasteiger partial charge in [0.1, 0.15) is 16.4 Å². The van der Waals surface area contributed by atoms with Gasteiger partial charge in [-0.05, 0) is 30.7 Å². The van der Waals surface area contributed by atoms with Crippen LogP contribution in [-0.2, 0) is 12.8 Å². The second-order valence-electron chi connectivity index (χ2n) is 4.09. The summed E-state index contributed by atoms with van der Waals surface area (Å²) >= 11 is 1.18. The molecular formula is C14H14FNO3S. The fraction of sp³-hybridized carbons (Fsp3) is 0.286. The second kappa shape index (κ2) is 6.47. The third-order valence-electron chi connectivity index (χ3n) is 2.67. The molecule has 0 aliphatic rings. The molecule has 2 aromatic rings. The maximum absolute atomic E-state index is 12.7. The van der Waals surface area contributed by atoms with E-state index in [1.165, 1.54) is 23.5 Å². The van der Waals surface area contributed by atoms with E-state index in [1.807, 2.05) is 6.92 Å². The number of aromatic nitrogens is 1. The molecule has 0 radical (unpaired) electrons. The molecule has 1 heterocycles. The molecule has 106 valence electrons. The number of carboxylic acids is 1. The van der Waals surface area contributed by atoms with Gasteiger partial charge in [-0.15, -0.1) is 11.3 Å². The molecule has 2 rings (SSSR count). The molecule has 0 aliphatic heterocycles. The molecule has 1 N–H and O–H groups in total. The van der Waals surface area contributed by atoms with Gasteiger partial charge in [0.2, 0.25) is 0 Å². The molecular weight excluding hydrogens is 281 g/mol. The maximum atomic E-state index is 12.7. The summed E-state index contributed by atoms with van der Waals surface area (Å²) in [6.45, 7) is 2.25. The quantitative estimate of drug-likeness (QED) is 0.889. The third kappa shape index (κ3) is 3.54. The van der Waals surface area contributed by atoms with Gasteiger partial charge in [-0.2, -0.15) is 0 Å². The van der Waals surface area contributed by atoms with Crippen molar-refractivity contribution in [2.24, 2.45) is 0 Å². The Morgan fingerprint density at radius 2 is 2.10 bits per heavy atom. The fourth-order valence-corrected chi connectivity index (χ4v) is 2.67. The van der Waals surface area contributed by atoms with Crippen molar-refractivity contribution in [1.29, 1.82) is 0 Å². The highest BCUT2D eigenvalue weighted by Gasteiger charge is 2.15. The molecule has 0 amide bonds. The molecule has 6 heteroatoms. The Hall–Kier alpha value is -1.95. The number of aromatic carboxylic acids is 1. The van der Waals surface area contributed by atoms with E-state index in [9.17, 15) is 9.18 Å². The van der Waals surface area contributed by atoms with E-state index in [-0.39, 0.29) is 5.82 Å². The average molecular weight is 295 g/mol. The Balaban J connectivity index is 1.94. The van der Waals surface area contributed by atoms with Gasteiger partial charge in [-0.3, -0.25) is 0 Å². The molecule has 1 aromatic heterocycles. The maximum Gasteiger partial charge on any atom is 0.347 e. The van der Waals surface area contributed by atoms with Gasteiger partial charge < -0.3 is 9.84 Å². The van der Waals surface area contributed by atoms with E-state index in [1.54, 1.807) is 12.1 Å². The van der Waals surface area contributed by atoms with E-state index in [2.05, 4.69) is 4.98 Å². The monoisotopic (exact) mass is 295 g/mol. The zero-order chi connectivity index (χ0) is 14.5. The molecule has 0 unspecified atom stereocenters. The minimum Gasteiger partial charge on any atom is -0.493 e. The number of halogens is 1. The van der Waals surface area contributed by atoms with Crippen LogP contribution in [0.3, 0.4) is 0 Å². The summed E-state index contributed by atoms with van der Waals surface area (Å²) < 4.78 is 18.2. The van der Waals surface area contributed by atoms with Crippen LogP contribution in [0.5, 0.6) is 5.75 Å². The van der Waals surface area contributed by atoms with Crippen molar-refractivity contribution in [3.63, 3.8) is 0 Å². The first-order valence-corrected chi connectivity index (χ1v) is 7.02. The summed E-state index contributed by atoms with van der Waals surface area (Å²) in [7, 11) is 0. The summed E-state index contributed by atoms with van der Waals surface area (Å²) in [6.07, 6.45) is 1.12. The molecule has 0 spiro atoms. The van der Waals surface area contributed by atoms with Crippen LogP contribution in [0.15, 0.2) is 24.3 Å². The lowest BCUT2D eigenvalue weighted by molar-refractivity contribution is 0.0701. The van der Waals surface area contributed by atoms with Crippen molar-refractivity contribution in [3.05, 3.63) is 45.7 Å². The van der Waals surface area contributed by atoms with E-state index < -0.39 is 5.97 Å². The van der Waals surface area contributed by atoms with Crippen LogP contribution in [0.2, 0.25) is 0 Å². The number of rotatable bonds is 6. The minimum atomic E-state index is -0.940.